The van der Waals surface area contributed by atoms with Crippen LogP contribution in [0.3, 0.4) is 0 Å². The van der Waals surface area contributed by atoms with Crippen molar-refractivity contribution in [3.8, 4) is 5.75 Å². The summed E-state index contributed by atoms with van der Waals surface area (Å²) in [4.78, 5) is 27.7. The minimum absolute atomic E-state index is 0.0368. The van der Waals surface area contributed by atoms with Gasteiger partial charge in [-0.15, -0.1) is 0 Å². The maximum Gasteiger partial charge on any atom is 0.285 e. The summed E-state index contributed by atoms with van der Waals surface area (Å²) >= 11 is 6.03. The number of halogens is 1. The van der Waals surface area contributed by atoms with Gasteiger partial charge >= 0.3 is 0 Å². The molecule has 3 rings (SSSR count). The number of ether oxygens (including phenoxy) is 1. The van der Waals surface area contributed by atoms with E-state index in [-0.39, 0.29) is 17.5 Å². The Kier molecular flexibility index (Phi) is 4.94. The van der Waals surface area contributed by atoms with Gasteiger partial charge < -0.3 is 14.5 Å². The highest BCUT2D eigenvalue weighted by Gasteiger charge is 2.26. The van der Waals surface area contributed by atoms with Crippen molar-refractivity contribution >= 4 is 23.2 Å². The molecule has 1 aromatic carbocycles. The molecule has 1 aliphatic rings. The third-order valence-electron chi connectivity index (χ3n) is 4.24. The maximum absolute atomic E-state index is 12.5. The lowest BCUT2D eigenvalue weighted by Gasteiger charge is -2.35. The predicted molar refractivity (Wildman–Crippen MR) is 95.2 cm³/mol. The van der Waals surface area contributed by atoms with E-state index < -0.39 is 5.56 Å². The Morgan fingerprint density at radius 3 is 2.84 bits per heavy atom. The van der Waals surface area contributed by atoms with Crippen molar-refractivity contribution in [3.63, 3.8) is 0 Å². The van der Waals surface area contributed by atoms with Gasteiger partial charge in [0.2, 0.25) is 5.91 Å². The minimum atomic E-state index is -0.460. The second kappa shape index (κ2) is 7.14. The van der Waals surface area contributed by atoms with Gasteiger partial charge in [0.25, 0.3) is 5.56 Å². The molecule has 0 saturated carbocycles. The van der Waals surface area contributed by atoms with Crippen molar-refractivity contribution in [1.82, 2.24) is 15.1 Å². The van der Waals surface area contributed by atoms with E-state index in [1.54, 1.807) is 16.9 Å². The van der Waals surface area contributed by atoms with Gasteiger partial charge in [0.05, 0.1) is 25.5 Å². The van der Waals surface area contributed by atoms with Gasteiger partial charge in [0.15, 0.2) is 0 Å². The molecule has 1 saturated heterocycles. The number of hydrogen-bond acceptors (Lipinski definition) is 5. The molecule has 0 atom stereocenters. The van der Waals surface area contributed by atoms with Gasteiger partial charge in [-0.25, -0.2) is 5.10 Å². The highest BCUT2D eigenvalue weighted by Crippen LogP contribution is 2.25. The number of anilines is 1. The van der Waals surface area contributed by atoms with Gasteiger partial charge in [-0.05, 0) is 18.6 Å². The van der Waals surface area contributed by atoms with Crippen molar-refractivity contribution < 1.29 is 9.53 Å². The van der Waals surface area contributed by atoms with Crippen LogP contribution in [0.1, 0.15) is 11.1 Å². The fraction of sp³-hybridized carbons (Fsp3) is 0.353. The molecule has 25 heavy (non-hydrogen) atoms. The van der Waals surface area contributed by atoms with Crippen LogP contribution in [0.2, 0.25) is 5.02 Å². The van der Waals surface area contributed by atoms with Crippen LogP contribution in [-0.2, 0) is 11.3 Å². The number of rotatable bonds is 4. The summed E-state index contributed by atoms with van der Waals surface area (Å²) in [6.45, 7) is 3.73. The lowest BCUT2D eigenvalue weighted by molar-refractivity contribution is -0.131. The Balaban J connectivity index is 1.73. The smallest absolute Gasteiger partial charge is 0.285 e. The molecule has 0 aliphatic carbocycles. The number of aromatic amines is 1. The summed E-state index contributed by atoms with van der Waals surface area (Å²) in [7, 11) is 1.62. The van der Waals surface area contributed by atoms with E-state index in [9.17, 15) is 9.59 Å². The SMILES string of the molecule is COc1cc(C)ccc1CN1CCN(c2cn[nH]c(=O)c2Cl)CC1=O. The third-order valence-corrected chi connectivity index (χ3v) is 4.61. The lowest BCUT2D eigenvalue weighted by atomic mass is 10.1. The van der Waals surface area contributed by atoms with E-state index in [0.29, 0.717) is 25.3 Å². The Morgan fingerprint density at radius 2 is 2.12 bits per heavy atom. The molecule has 0 unspecified atom stereocenters. The van der Waals surface area contributed by atoms with Crippen LogP contribution in [-0.4, -0.2) is 47.7 Å². The number of H-pyrrole nitrogens is 1. The molecule has 1 amide bonds. The third kappa shape index (κ3) is 3.61. The molecule has 132 valence electrons. The summed E-state index contributed by atoms with van der Waals surface area (Å²) in [5.74, 6) is 0.738. The molecule has 0 spiro atoms. The van der Waals surface area contributed by atoms with Crippen molar-refractivity contribution in [2.24, 2.45) is 0 Å². The van der Waals surface area contributed by atoms with Crippen LogP contribution in [0.5, 0.6) is 5.75 Å². The van der Waals surface area contributed by atoms with Crippen molar-refractivity contribution in [2.75, 3.05) is 31.6 Å². The number of aromatic nitrogens is 2. The zero-order chi connectivity index (χ0) is 18.0. The van der Waals surface area contributed by atoms with Crippen LogP contribution >= 0.6 is 11.6 Å². The van der Waals surface area contributed by atoms with Gasteiger partial charge in [0, 0.05) is 25.2 Å². The van der Waals surface area contributed by atoms with E-state index >= 15 is 0 Å². The number of carbonyl (C=O) groups is 1. The quantitative estimate of drug-likeness (QED) is 0.893. The van der Waals surface area contributed by atoms with Crippen molar-refractivity contribution in [1.29, 1.82) is 0 Å². The summed E-state index contributed by atoms with van der Waals surface area (Å²) < 4.78 is 5.41. The molecule has 2 heterocycles. The molecular weight excluding hydrogens is 344 g/mol. The van der Waals surface area contributed by atoms with Gasteiger partial charge in [-0.3, -0.25) is 9.59 Å². The number of benzene rings is 1. The molecule has 1 aromatic heterocycles. The van der Waals surface area contributed by atoms with Crippen LogP contribution in [0.15, 0.2) is 29.2 Å². The first kappa shape index (κ1) is 17.3. The Bertz CT molecular complexity index is 852. The summed E-state index contributed by atoms with van der Waals surface area (Å²) in [5.41, 5.74) is 2.09. The minimum Gasteiger partial charge on any atom is -0.496 e. The maximum atomic E-state index is 12.5. The molecule has 1 fully saturated rings. The van der Waals surface area contributed by atoms with E-state index in [1.165, 1.54) is 6.20 Å². The number of nitrogens with one attached hydrogen (secondary N) is 1. The van der Waals surface area contributed by atoms with Gasteiger partial charge in [-0.2, -0.15) is 5.10 Å². The predicted octanol–water partition coefficient (Wildman–Crippen LogP) is 1.59. The molecule has 8 heteroatoms. The fourth-order valence-electron chi connectivity index (χ4n) is 2.86. The van der Waals surface area contributed by atoms with E-state index in [0.717, 1.165) is 16.9 Å². The standard InChI is InChI=1S/C17H19ClN4O3/c1-11-3-4-12(14(7-11)25-2)9-22-6-5-21(10-15(22)23)13-8-19-20-17(24)16(13)18/h3-4,7-8H,5-6,9-10H2,1-2H3,(H,20,24). The summed E-state index contributed by atoms with van der Waals surface area (Å²) in [6.07, 6.45) is 1.47. The number of amides is 1. The number of carbonyl (C=O) groups excluding carboxylic acids is 1. The van der Waals surface area contributed by atoms with Crippen LogP contribution in [0, 0.1) is 6.92 Å². The first-order valence-electron chi connectivity index (χ1n) is 7.89. The zero-order valence-electron chi connectivity index (χ0n) is 14.1. The Hall–Kier alpha value is -2.54. The number of nitrogens with zero attached hydrogens (tertiary/aromatic N) is 3. The van der Waals surface area contributed by atoms with Crippen LogP contribution in [0.4, 0.5) is 5.69 Å². The van der Waals surface area contributed by atoms with Crippen LogP contribution in [0.25, 0.3) is 0 Å². The first-order valence-corrected chi connectivity index (χ1v) is 8.27. The molecule has 0 bridgehead atoms. The second-order valence-corrected chi connectivity index (χ2v) is 6.33. The molecule has 1 N–H and O–H groups in total. The van der Waals surface area contributed by atoms with Gasteiger partial charge in [0.1, 0.15) is 10.8 Å². The normalized spacial score (nSPS) is 14.8. The average Bonchev–Trinajstić information content (AvgIpc) is 2.60. The summed E-state index contributed by atoms with van der Waals surface area (Å²) in [6, 6.07) is 5.93. The van der Waals surface area contributed by atoms with E-state index in [2.05, 4.69) is 10.2 Å². The lowest BCUT2D eigenvalue weighted by Crippen LogP contribution is -2.50. The number of aryl methyl sites for hydroxylation is 1. The number of piperazine rings is 1. The Morgan fingerprint density at radius 1 is 1.32 bits per heavy atom. The topological polar surface area (TPSA) is 78.5 Å². The van der Waals surface area contributed by atoms with Crippen LogP contribution < -0.4 is 15.2 Å². The largest absolute Gasteiger partial charge is 0.496 e. The first-order chi connectivity index (χ1) is 12.0. The molecule has 0 radical (unpaired) electrons. The number of hydrogen-bond donors (Lipinski definition) is 1. The monoisotopic (exact) mass is 362 g/mol. The molecule has 2 aromatic rings. The van der Waals surface area contributed by atoms with Crippen molar-refractivity contribution in [2.45, 2.75) is 13.5 Å². The molecule has 1 aliphatic heterocycles. The Labute approximate surface area is 150 Å². The zero-order valence-corrected chi connectivity index (χ0v) is 14.8. The average molecular weight is 363 g/mol. The van der Waals surface area contributed by atoms with E-state index in [1.807, 2.05) is 25.1 Å². The van der Waals surface area contributed by atoms with Crippen molar-refractivity contribution in [3.05, 3.63) is 50.9 Å². The summed E-state index contributed by atoms with van der Waals surface area (Å²) in [5, 5.41) is 6.09. The highest BCUT2D eigenvalue weighted by molar-refractivity contribution is 6.33. The van der Waals surface area contributed by atoms with Gasteiger partial charge in [-0.1, -0.05) is 23.7 Å². The number of methoxy groups -OCH3 is 1. The molecule has 7 nitrogen and oxygen atoms in total. The highest BCUT2D eigenvalue weighted by atomic mass is 35.5. The fourth-order valence-corrected chi connectivity index (χ4v) is 3.07. The molecular formula is C17H19ClN4O3. The van der Waals surface area contributed by atoms with E-state index in [4.69, 9.17) is 16.3 Å². The second-order valence-electron chi connectivity index (χ2n) is 5.95.